The van der Waals surface area contributed by atoms with Gasteiger partial charge in [-0.3, -0.25) is 9.59 Å². The lowest BCUT2D eigenvalue weighted by Gasteiger charge is -2.14. The Kier molecular flexibility index (Phi) is 5.62. The zero-order valence-corrected chi connectivity index (χ0v) is 13.3. The van der Waals surface area contributed by atoms with E-state index in [-0.39, 0.29) is 18.2 Å². The molecule has 0 aromatic heterocycles. The van der Waals surface area contributed by atoms with Crippen LogP contribution in [-0.4, -0.2) is 11.8 Å². The second kappa shape index (κ2) is 7.44. The molecule has 0 aliphatic rings. The number of para-hydroxylation sites is 1. The molecule has 150 valence electrons. The van der Waals surface area contributed by atoms with Crippen LogP contribution >= 0.6 is 0 Å². The highest BCUT2D eigenvalue weighted by molar-refractivity contribution is 6.43. The molecule has 0 saturated carbocycles. The summed E-state index contributed by atoms with van der Waals surface area (Å²) >= 11 is 0. The number of rotatable bonds is 2. The van der Waals surface area contributed by atoms with E-state index >= 15 is 0 Å². The third-order valence-corrected chi connectivity index (χ3v) is 3.25. The molecule has 2 N–H and O–H groups in total. The van der Waals surface area contributed by atoms with Crippen molar-refractivity contribution in [2.24, 2.45) is 0 Å². The van der Waals surface area contributed by atoms with E-state index in [1.807, 2.05) is 0 Å². The van der Waals surface area contributed by atoms with Gasteiger partial charge in [-0.2, -0.15) is 26.3 Å². The van der Waals surface area contributed by atoms with Crippen LogP contribution in [0.4, 0.5) is 46.5 Å². The van der Waals surface area contributed by atoms with Crippen LogP contribution in [0.2, 0.25) is 0 Å². The fourth-order valence-electron chi connectivity index (χ4n) is 2.00. The van der Waals surface area contributed by atoms with E-state index in [4.69, 9.17) is 0 Å². The van der Waals surface area contributed by atoms with Crippen LogP contribution in [0.25, 0.3) is 0 Å². The Morgan fingerprint density at radius 1 is 0.714 bits per heavy atom. The number of benzene rings is 2. The van der Waals surface area contributed by atoms with Crippen LogP contribution in [0.15, 0.2) is 36.4 Å². The summed E-state index contributed by atoms with van der Waals surface area (Å²) in [6, 6.07) is 2.62. The molecule has 0 atom stereocenters. The van der Waals surface area contributed by atoms with Crippen molar-refractivity contribution >= 4 is 23.2 Å². The van der Waals surface area contributed by atoms with Crippen molar-refractivity contribution < 1.29 is 44.7 Å². The molecule has 0 aliphatic carbocycles. The number of carbonyl (C=O) groups excluding carboxylic acids is 2. The average molecular weight is 412 g/mol. The third-order valence-electron chi connectivity index (χ3n) is 3.25. The largest absolute Gasteiger partial charge is 0.416 e. The molecule has 4 nitrogen and oxygen atoms in total. The van der Waals surface area contributed by atoms with E-state index in [2.05, 4.69) is 0 Å². The van der Waals surface area contributed by atoms with Crippen molar-refractivity contribution in [1.29, 1.82) is 0 Å². The molecule has 2 aromatic carbocycles. The lowest BCUT2D eigenvalue weighted by molar-refractivity contribution is -0.143. The second-order valence-corrected chi connectivity index (χ2v) is 5.30. The summed E-state index contributed by atoms with van der Waals surface area (Å²) in [7, 11) is 0. The first-order valence-corrected chi connectivity index (χ1v) is 7.15. The summed E-state index contributed by atoms with van der Waals surface area (Å²) in [4.78, 5) is 23.4. The summed E-state index contributed by atoms with van der Waals surface area (Å²) < 4.78 is 103. The van der Waals surface area contributed by atoms with Gasteiger partial charge in [-0.05, 0) is 30.3 Å². The van der Waals surface area contributed by atoms with Crippen LogP contribution < -0.4 is 10.6 Å². The van der Waals surface area contributed by atoms with Crippen LogP contribution in [0.5, 0.6) is 0 Å². The molecule has 0 heterocycles. The molecule has 2 rings (SSSR count). The van der Waals surface area contributed by atoms with Crippen molar-refractivity contribution in [2.75, 3.05) is 10.6 Å². The van der Waals surface area contributed by atoms with Gasteiger partial charge in [-0.25, -0.2) is 8.78 Å². The zero-order valence-electron chi connectivity index (χ0n) is 13.3. The molecule has 2 aromatic rings. The maximum absolute atomic E-state index is 13.4. The summed E-state index contributed by atoms with van der Waals surface area (Å²) in [6.45, 7) is 0. The number of amides is 2. The Morgan fingerprint density at radius 3 is 1.57 bits per heavy atom. The van der Waals surface area contributed by atoms with Crippen LogP contribution in [0.1, 0.15) is 11.1 Å². The highest BCUT2D eigenvalue weighted by Gasteiger charge is 2.37. The second-order valence-electron chi connectivity index (χ2n) is 5.30. The first kappa shape index (κ1) is 21.1. The standard InChI is InChI=1S/C16H8F8N2O2/c17-10-2-1-3-11(18)12(10)26-14(28)13(27)25-9-5-7(15(19,20)21)4-8(6-9)16(22,23)24/h1-6H,(H,25,27)(H,26,28). The molecule has 0 spiro atoms. The minimum absolute atomic E-state index is 0.171. The zero-order chi connectivity index (χ0) is 21.3. The van der Waals surface area contributed by atoms with Crippen LogP contribution in [-0.2, 0) is 21.9 Å². The minimum atomic E-state index is -5.17. The van der Waals surface area contributed by atoms with Gasteiger partial charge in [-0.1, -0.05) is 6.07 Å². The molecular weight excluding hydrogens is 404 g/mol. The Hall–Kier alpha value is -3.18. The van der Waals surface area contributed by atoms with Gasteiger partial charge in [0, 0.05) is 5.69 Å². The summed E-state index contributed by atoms with van der Waals surface area (Å²) in [5.41, 5.74) is -5.45. The Morgan fingerprint density at radius 2 is 1.14 bits per heavy atom. The smallest absolute Gasteiger partial charge is 0.318 e. The first-order chi connectivity index (χ1) is 12.8. The Balaban J connectivity index is 2.29. The highest BCUT2D eigenvalue weighted by Crippen LogP contribution is 2.37. The molecule has 0 unspecified atom stereocenters. The van der Waals surface area contributed by atoms with Crippen molar-refractivity contribution in [3.63, 3.8) is 0 Å². The van der Waals surface area contributed by atoms with E-state index in [9.17, 15) is 44.7 Å². The predicted molar refractivity (Wildman–Crippen MR) is 80.1 cm³/mol. The van der Waals surface area contributed by atoms with E-state index in [1.165, 1.54) is 5.32 Å². The number of hydrogen-bond donors (Lipinski definition) is 2. The Bertz CT molecular complexity index is 869. The molecule has 28 heavy (non-hydrogen) atoms. The van der Waals surface area contributed by atoms with Gasteiger partial charge in [0.25, 0.3) is 0 Å². The van der Waals surface area contributed by atoms with Gasteiger partial charge >= 0.3 is 24.2 Å². The number of anilines is 2. The number of nitrogens with one attached hydrogen (secondary N) is 2. The normalized spacial score (nSPS) is 11.9. The molecule has 0 aliphatic heterocycles. The van der Waals surface area contributed by atoms with Gasteiger partial charge in [-0.15, -0.1) is 0 Å². The lowest BCUT2D eigenvalue weighted by atomic mass is 10.1. The topological polar surface area (TPSA) is 58.2 Å². The SMILES string of the molecule is O=C(Nc1cc(C(F)(F)F)cc(C(F)(F)F)c1)C(=O)Nc1c(F)cccc1F. The fraction of sp³-hybridized carbons (Fsp3) is 0.125. The van der Waals surface area contributed by atoms with Crippen LogP contribution in [0, 0.1) is 11.6 Å². The Labute approximate surface area is 151 Å². The van der Waals surface area contributed by atoms with Gasteiger partial charge in [0.2, 0.25) is 0 Å². The average Bonchev–Trinajstić information content (AvgIpc) is 2.56. The van der Waals surface area contributed by atoms with Crippen LogP contribution in [0.3, 0.4) is 0 Å². The number of halogens is 8. The van der Waals surface area contributed by atoms with Gasteiger partial charge in [0.1, 0.15) is 17.3 Å². The lowest BCUT2D eigenvalue weighted by Crippen LogP contribution is -2.30. The predicted octanol–water partition coefficient (Wildman–Crippen LogP) is 4.58. The minimum Gasteiger partial charge on any atom is -0.318 e. The van der Waals surface area contributed by atoms with Gasteiger partial charge < -0.3 is 10.6 Å². The van der Waals surface area contributed by atoms with E-state index < -0.39 is 58.3 Å². The van der Waals surface area contributed by atoms with Gasteiger partial charge in [0.05, 0.1) is 11.1 Å². The van der Waals surface area contributed by atoms with Crippen molar-refractivity contribution in [2.45, 2.75) is 12.4 Å². The molecular formula is C16H8F8N2O2. The fourth-order valence-corrected chi connectivity index (χ4v) is 2.00. The van der Waals surface area contributed by atoms with E-state index in [0.29, 0.717) is 0 Å². The van der Waals surface area contributed by atoms with Crippen molar-refractivity contribution in [3.8, 4) is 0 Å². The third kappa shape index (κ3) is 4.96. The maximum atomic E-state index is 13.4. The number of carbonyl (C=O) groups is 2. The quantitative estimate of drug-likeness (QED) is 0.561. The molecule has 12 heteroatoms. The highest BCUT2D eigenvalue weighted by atomic mass is 19.4. The molecule has 0 fully saturated rings. The first-order valence-electron chi connectivity index (χ1n) is 7.15. The molecule has 0 radical (unpaired) electrons. The van der Waals surface area contributed by atoms with E-state index in [1.54, 1.807) is 5.32 Å². The maximum Gasteiger partial charge on any atom is 0.416 e. The number of hydrogen-bond acceptors (Lipinski definition) is 2. The number of alkyl halides is 6. The van der Waals surface area contributed by atoms with Gasteiger partial charge in [0.15, 0.2) is 0 Å². The molecule has 2 amide bonds. The molecule has 0 bridgehead atoms. The van der Waals surface area contributed by atoms with Crippen molar-refractivity contribution in [1.82, 2.24) is 0 Å². The summed E-state index contributed by atoms with van der Waals surface area (Å²) in [6.07, 6.45) is -10.3. The van der Waals surface area contributed by atoms with Crippen molar-refractivity contribution in [3.05, 3.63) is 59.2 Å². The molecule has 0 saturated heterocycles. The monoisotopic (exact) mass is 412 g/mol. The summed E-state index contributed by atoms with van der Waals surface area (Å²) in [5.74, 6) is -5.95. The summed E-state index contributed by atoms with van der Waals surface area (Å²) in [5, 5.41) is 3.07. The van der Waals surface area contributed by atoms with E-state index in [0.717, 1.165) is 18.2 Å².